The summed E-state index contributed by atoms with van der Waals surface area (Å²) in [6, 6.07) is 14.0. The van der Waals surface area contributed by atoms with E-state index >= 15 is 0 Å². The van der Waals surface area contributed by atoms with Crippen molar-refractivity contribution in [2.75, 3.05) is 17.7 Å². The van der Waals surface area contributed by atoms with E-state index in [4.69, 9.17) is 4.74 Å². The molecule has 29 heavy (non-hydrogen) atoms. The average molecular weight is 411 g/mol. The monoisotopic (exact) mass is 410 g/mol. The summed E-state index contributed by atoms with van der Waals surface area (Å²) in [5.41, 5.74) is 0.831. The van der Waals surface area contributed by atoms with Crippen LogP contribution in [0.3, 0.4) is 0 Å². The van der Waals surface area contributed by atoms with Crippen LogP contribution in [0.5, 0.6) is 0 Å². The number of carbonyl (C=O) groups excluding carboxylic acids is 1. The van der Waals surface area contributed by atoms with Gasteiger partial charge in [-0.15, -0.1) is 10.2 Å². The number of hydrogen-bond acceptors (Lipinski definition) is 5. The third kappa shape index (κ3) is 4.62. The minimum absolute atomic E-state index is 0.0517. The highest BCUT2D eigenvalue weighted by Gasteiger charge is 2.22. The molecule has 7 heteroatoms. The van der Waals surface area contributed by atoms with E-state index in [1.807, 2.05) is 42.5 Å². The first-order valence-corrected chi connectivity index (χ1v) is 11.1. The molecule has 0 bridgehead atoms. The molecule has 1 aliphatic heterocycles. The van der Waals surface area contributed by atoms with Crippen molar-refractivity contribution >= 4 is 34.1 Å². The zero-order chi connectivity index (χ0) is 20.2. The van der Waals surface area contributed by atoms with Crippen molar-refractivity contribution in [2.24, 2.45) is 0 Å². The van der Waals surface area contributed by atoms with Crippen LogP contribution < -0.4 is 5.32 Å². The summed E-state index contributed by atoms with van der Waals surface area (Å²) in [6.45, 7) is 5.78. The van der Waals surface area contributed by atoms with E-state index in [1.165, 1.54) is 11.8 Å². The number of nitrogens with zero attached hydrogens (tertiary/aromatic N) is 3. The van der Waals surface area contributed by atoms with Gasteiger partial charge in [0, 0.05) is 23.6 Å². The lowest BCUT2D eigenvalue weighted by atomic mass is 10.1. The van der Waals surface area contributed by atoms with Crippen LogP contribution >= 0.6 is 11.8 Å². The van der Waals surface area contributed by atoms with Gasteiger partial charge >= 0.3 is 0 Å². The highest BCUT2D eigenvalue weighted by atomic mass is 32.2. The van der Waals surface area contributed by atoms with Crippen LogP contribution in [0.25, 0.3) is 10.8 Å². The number of amides is 1. The van der Waals surface area contributed by atoms with E-state index in [-0.39, 0.29) is 23.7 Å². The van der Waals surface area contributed by atoms with E-state index < -0.39 is 0 Å². The molecule has 0 aliphatic carbocycles. The number of rotatable bonds is 7. The van der Waals surface area contributed by atoms with Crippen LogP contribution in [0.15, 0.2) is 47.6 Å². The molecular weight excluding hydrogens is 384 g/mol. The van der Waals surface area contributed by atoms with Gasteiger partial charge in [-0.25, -0.2) is 0 Å². The Bertz CT molecular complexity index is 990. The molecule has 1 amide bonds. The van der Waals surface area contributed by atoms with Crippen molar-refractivity contribution in [3.63, 3.8) is 0 Å². The van der Waals surface area contributed by atoms with Crippen LogP contribution in [0.4, 0.5) is 5.69 Å². The third-order valence-corrected chi connectivity index (χ3v) is 6.03. The SMILES string of the molecule is CC(C)c1nnc(SCC(=O)Nc2cccc3ccccc23)n1CC1CCCO1. The molecule has 1 unspecified atom stereocenters. The second-order valence-electron chi connectivity index (χ2n) is 7.60. The highest BCUT2D eigenvalue weighted by molar-refractivity contribution is 7.99. The number of carbonyl (C=O) groups is 1. The maximum Gasteiger partial charge on any atom is 0.234 e. The van der Waals surface area contributed by atoms with E-state index in [0.717, 1.165) is 53.4 Å². The molecule has 1 atom stereocenters. The molecule has 2 heterocycles. The quantitative estimate of drug-likeness (QED) is 0.582. The molecule has 0 saturated carbocycles. The Kier molecular flexibility index (Phi) is 6.16. The van der Waals surface area contributed by atoms with E-state index in [1.54, 1.807) is 0 Å². The van der Waals surface area contributed by atoms with Crippen LogP contribution in [0.1, 0.15) is 38.4 Å². The lowest BCUT2D eigenvalue weighted by Gasteiger charge is -2.16. The molecule has 0 radical (unpaired) electrons. The summed E-state index contributed by atoms with van der Waals surface area (Å²) in [5, 5.41) is 14.7. The van der Waals surface area contributed by atoms with Crippen LogP contribution in [0, 0.1) is 0 Å². The van der Waals surface area contributed by atoms with Crippen molar-refractivity contribution in [1.29, 1.82) is 0 Å². The first-order chi connectivity index (χ1) is 14.1. The summed E-state index contributed by atoms with van der Waals surface area (Å²) in [4.78, 5) is 12.6. The molecule has 6 nitrogen and oxygen atoms in total. The molecule has 0 spiro atoms. The van der Waals surface area contributed by atoms with Crippen molar-refractivity contribution in [2.45, 2.75) is 50.4 Å². The number of hydrogen-bond donors (Lipinski definition) is 1. The van der Waals surface area contributed by atoms with Gasteiger partial charge in [-0.1, -0.05) is 62.0 Å². The molecular formula is C22H26N4O2S. The smallest absolute Gasteiger partial charge is 0.234 e. The van der Waals surface area contributed by atoms with Gasteiger partial charge in [0.25, 0.3) is 0 Å². The fraction of sp³-hybridized carbons (Fsp3) is 0.409. The number of aromatic nitrogens is 3. The second-order valence-corrected chi connectivity index (χ2v) is 8.55. The van der Waals surface area contributed by atoms with Gasteiger partial charge in [0.1, 0.15) is 5.82 Å². The summed E-state index contributed by atoms with van der Waals surface area (Å²) in [5.74, 6) is 1.44. The Morgan fingerprint density at radius 2 is 2.07 bits per heavy atom. The summed E-state index contributed by atoms with van der Waals surface area (Å²) in [6.07, 6.45) is 2.36. The summed E-state index contributed by atoms with van der Waals surface area (Å²) in [7, 11) is 0. The minimum Gasteiger partial charge on any atom is -0.376 e. The van der Waals surface area contributed by atoms with Gasteiger partial charge in [-0.2, -0.15) is 0 Å². The molecule has 152 valence electrons. The molecule has 3 aromatic rings. The van der Waals surface area contributed by atoms with Crippen LogP contribution in [0.2, 0.25) is 0 Å². The lowest BCUT2D eigenvalue weighted by Crippen LogP contribution is -2.19. The Balaban J connectivity index is 1.45. The fourth-order valence-electron chi connectivity index (χ4n) is 3.65. The number of ether oxygens (including phenoxy) is 1. The van der Waals surface area contributed by atoms with Crippen LogP contribution in [-0.4, -0.2) is 39.1 Å². The molecule has 1 aliphatic rings. The van der Waals surface area contributed by atoms with E-state index in [9.17, 15) is 4.79 Å². The fourth-order valence-corrected chi connectivity index (χ4v) is 4.40. The zero-order valence-corrected chi connectivity index (χ0v) is 17.6. The van der Waals surface area contributed by atoms with Gasteiger partial charge in [0.2, 0.25) is 5.91 Å². The van der Waals surface area contributed by atoms with Gasteiger partial charge < -0.3 is 14.6 Å². The minimum atomic E-state index is -0.0517. The predicted molar refractivity (Wildman–Crippen MR) is 116 cm³/mol. The second kappa shape index (κ2) is 8.97. The average Bonchev–Trinajstić information content (AvgIpc) is 3.37. The molecule has 1 fully saturated rings. The van der Waals surface area contributed by atoms with Gasteiger partial charge in [0.15, 0.2) is 5.16 Å². The first-order valence-electron chi connectivity index (χ1n) is 10.1. The maximum atomic E-state index is 12.6. The molecule has 1 saturated heterocycles. The largest absolute Gasteiger partial charge is 0.376 e. The molecule has 1 N–H and O–H groups in total. The van der Waals surface area contributed by atoms with Crippen molar-refractivity contribution in [3.8, 4) is 0 Å². The number of anilines is 1. The van der Waals surface area contributed by atoms with Gasteiger partial charge in [0.05, 0.1) is 18.4 Å². The zero-order valence-electron chi connectivity index (χ0n) is 16.8. The van der Waals surface area contributed by atoms with Crippen molar-refractivity contribution in [1.82, 2.24) is 14.8 Å². The highest BCUT2D eigenvalue weighted by Crippen LogP contribution is 2.26. The van der Waals surface area contributed by atoms with Crippen molar-refractivity contribution < 1.29 is 9.53 Å². The Morgan fingerprint density at radius 3 is 2.86 bits per heavy atom. The Hall–Kier alpha value is -2.38. The number of fused-ring (bicyclic) bond motifs is 1. The van der Waals surface area contributed by atoms with Gasteiger partial charge in [-0.05, 0) is 24.3 Å². The molecule has 1 aromatic heterocycles. The maximum absolute atomic E-state index is 12.6. The standard InChI is InChI=1S/C22H26N4O2S/c1-15(2)21-24-25-22(26(21)13-17-9-6-12-28-17)29-14-20(27)23-19-11-5-8-16-7-3-4-10-18(16)19/h3-5,7-8,10-11,15,17H,6,9,12-14H2,1-2H3,(H,23,27). The number of nitrogens with one attached hydrogen (secondary N) is 1. The third-order valence-electron chi connectivity index (χ3n) is 5.07. The van der Waals surface area contributed by atoms with E-state index in [0.29, 0.717) is 0 Å². The molecule has 4 rings (SSSR count). The number of benzene rings is 2. The predicted octanol–water partition coefficient (Wildman–Crippen LogP) is 4.46. The van der Waals surface area contributed by atoms with Crippen LogP contribution in [-0.2, 0) is 16.1 Å². The van der Waals surface area contributed by atoms with Crippen molar-refractivity contribution in [3.05, 3.63) is 48.3 Å². The Labute approximate surface area is 175 Å². The van der Waals surface area contributed by atoms with E-state index in [2.05, 4.69) is 33.9 Å². The van der Waals surface area contributed by atoms with Gasteiger partial charge in [-0.3, -0.25) is 4.79 Å². The normalized spacial score (nSPS) is 16.6. The number of thioether (sulfide) groups is 1. The Morgan fingerprint density at radius 1 is 1.24 bits per heavy atom. The first kappa shape index (κ1) is 19.9. The summed E-state index contributed by atoms with van der Waals surface area (Å²) < 4.78 is 7.92. The molecule has 2 aromatic carbocycles. The summed E-state index contributed by atoms with van der Waals surface area (Å²) >= 11 is 1.42. The lowest BCUT2D eigenvalue weighted by molar-refractivity contribution is -0.113. The topological polar surface area (TPSA) is 69.0 Å².